The molecule has 10 heteroatoms. The highest BCUT2D eigenvalue weighted by Gasteiger charge is 2.38. The van der Waals surface area contributed by atoms with Crippen molar-refractivity contribution in [3.8, 4) is 11.1 Å². The van der Waals surface area contributed by atoms with Crippen molar-refractivity contribution in [1.82, 2.24) is 20.4 Å². The predicted octanol–water partition coefficient (Wildman–Crippen LogP) is 6.03. The van der Waals surface area contributed by atoms with E-state index in [1.54, 1.807) is 10.9 Å². The molecular formula is C24H23Cl2F3N4O. The molecule has 0 saturated carbocycles. The van der Waals surface area contributed by atoms with Crippen LogP contribution in [0.3, 0.4) is 0 Å². The van der Waals surface area contributed by atoms with Gasteiger partial charge in [-0.25, -0.2) is 0 Å². The number of amides is 1. The van der Waals surface area contributed by atoms with Crippen LogP contribution in [-0.4, -0.2) is 28.3 Å². The first-order chi connectivity index (χ1) is 16.1. The number of nitrogens with one attached hydrogen (secondary N) is 2. The second-order valence-corrected chi connectivity index (χ2v) is 9.10. The molecule has 2 atom stereocenters. The van der Waals surface area contributed by atoms with Crippen LogP contribution in [0, 0.1) is 0 Å². The second-order valence-electron chi connectivity index (χ2n) is 8.31. The summed E-state index contributed by atoms with van der Waals surface area (Å²) in [5.74, 6) is -0.694. The third-order valence-electron chi connectivity index (χ3n) is 5.96. The predicted molar refractivity (Wildman–Crippen MR) is 126 cm³/mol. The van der Waals surface area contributed by atoms with Gasteiger partial charge in [-0.3, -0.25) is 9.48 Å². The van der Waals surface area contributed by atoms with Gasteiger partial charge in [-0.1, -0.05) is 53.9 Å². The Morgan fingerprint density at radius 1 is 1.15 bits per heavy atom. The normalized spacial score (nSPS) is 17.4. The minimum Gasteiger partial charge on any atom is -0.344 e. The van der Waals surface area contributed by atoms with Gasteiger partial charge in [0, 0.05) is 24.8 Å². The molecule has 180 valence electrons. The Balaban J connectivity index is 1.64. The molecule has 2 N–H and O–H groups in total. The van der Waals surface area contributed by atoms with Gasteiger partial charge >= 0.3 is 6.18 Å². The summed E-state index contributed by atoms with van der Waals surface area (Å²) >= 11 is 11.7. The van der Waals surface area contributed by atoms with Crippen molar-refractivity contribution in [2.45, 2.75) is 37.5 Å². The standard InChI is InChI=1S/C24H23Cl2F3N4O/c1-33-13-16(12-31-33)14-5-7-15(8-6-14)22(19-4-2-3-11-30-19)32-23(34)17-9-10-18(25)20(21(17)26)24(27,28)29/h5-10,12-13,19,22,30H,2-4,11H2,1H3,(H,32,34)/t19-,22-/m0/s1. The Labute approximate surface area is 205 Å². The molecule has 1 aromatic heterocycles. The number of halogens is 5. The van der Waals surface area contributed by atoms with E-state index >= 15 is 0 Å². The molecule has 1 saturated heterocycles. The molecule has 4 rings (SSSR count). The summed E-state index contributed by atoms with van der Waals surface area (Å²) in [6, 6.07) is 9.42. The Hall–Kier alpha value is -2.55. The number of hydrogen-bond donors (Lipinski definition) is 2. The van der Waals surface area contributed by atoms with Gasteiger partial charge in [0.25, 0.3) is 5.91 Å². The maximum absolute atomic E-state index is 13.4. The number of carbonyl (C=O) groups is 1. The Kier molecular flexibility index (Phi) is 7.21. The lowest BCUT2D eigenvalue weighted by Gasteiger charge is -2.32. The molecule has 0 aliphatic carbocycles. The second kappa shape index (κ2) is 9.98. The van der Waals surface area contributed by atoms with Gasteiger partial charge in [0.2, 0.25) is 0 Å². The highest BCUT2D eigenvalue weighted by atomic mass is 35.5. The van der Waals surface area contributed by atoms with E-state index in [0.29, 0.717) is 0 Å². The number of aromatic nitrogens is 2. The molecule has 2 aromatic carbocycles. The number of carbonyl (C=O) groups excluding carboxylic acids is 1. The fraction of sp³-hybridized carbons (Fsp3) is 0.333. The van der Waals surface area contributed by atoms with Crippen LogP contribution in [-0.2, 0) is 13.2 Å². The van der Waals surface area contributed by atoms with Gasteiger partial charge in [0.05, 0.1) is 33.4 Å². The molecule has 0 unspecified atom stereocenters. The molecule has 0 bridgehead atoms. The lowest BCUT2D eigenvalue weighted by molar-refractivity contribution is -0.137. The number of piperidine rings is 1. The summed E-state index contributed by atoms with van der Waals surface area (Å²) in [6.45, 7) is 0.796. The van der Waals surface area contributed by atoms with E-state index in [1.165, 1.54) is 6.07 Å². The minimum atomic E-state index is -4.78. The summed E-state index contributed by atoms with van der Waals surface area (Å²) < 4.78 is 42.0. The van der Waals surface area contributed by atoms with E-state index in [1.807, 2.05) is 37.5 Å². The fourth-order valence-corrected chi connectivity index (χ4v) is 4.91. The number of aryl methyl sites for hydroxylation is 1. The number of alkyl halides is 3. The van der Waals surface area contributed by atoms with Crippen LogP contribution in [0.4, 0.5) is 13.2 Å². The lowest BCUT2D eigenvalue weighted by atomic mass is 9.91. The highest BCUT2D eigenvalue weighted by molar-refractivity contribution is 6.38. The first kappa shape index (κ1) is 24.6. The topological polar surface area (TPSA) is 59.0 Å². The van der Waals surface area contributed by atoms with Crippen molar-refractivity contribution >= 4 is 29.1 Å². The van der Waals surface area contributed by atoms with Crippen molar-refractivity contribution in [1.29, 1.82) is 0 Å². The quantitative estimate of drug-likeness (QED) is 0.440. The van der Waals surface area contributed by atoms with E-state index in [-0.39, 0.29) is 11.6 Å². The van der Waals surface area contributed by atoms with E-state index in [2.05, 4.69) is 15.7 Å². The third kappa shape index (κ3) is 5.24. The molecular weight excluding hydrogens is 488 g/mol. The van der Waals surface area contributed by atoms with Gasteiger partial charge in [0.15, 0.2) is 0 Å². The van der Waals surface area contributed by atoms with Crippen molar-refractivity contribution in [2.75, 3.05) is 6.54 Å². The lowest BCUT2D eigenvalue weighted by Crippen LogP contribution is -2.46. The fourth-order valence-electron chi connectivity index (χ4n) is 4.24. The average Bonchev–Trinajstić information content (AvgIpc) is 3.23. The summed E-state index contributed by atoms with van der Waals surface area (Å²) in [5, 5.41) is 9.25. The first-order valence-corrected chi connectivity index (χ1v) is 11.6. The summed E-state index contributed by atoms with van der Waals surface area (Å²) in [4.78, 5) is 13.1. The molecule has 0 radical (unpaired) electrons. The van der Waals surface area contributed by atoms with E-state index in [4.69, 9.17) is 23.2 Å². The summed E-state index contributed by atoms with van der Waals surface area (Å²) in [7, 11) is 1.84. The van der Waals surface area contributed by atoms with Crippen molar-refractivity contribution in [2.24, 2.45) is 7.05 Å². The van der Waals surface area contributed by atoms with Crippen LogP contribution in [0.5, 0.6) is 0 Å². The largest absolute Gasteiger partial charge is 0.419 e. The van der Waals surface area contributed by atoms with Gasteiger partial charge < -0.3 is 10.6 Å². The van der Waals surface area contributed by atoms with Crippen molar-refractivity contribution < 1.29 is 18.0 Å². The van der Waals surface area contributed by atoms with Gasteiger partial charge in [-0.15, -0.1) is 0 Å². The van der Waals surface area contributed by atoms with E-state index in [9.17, 15) is 18.0 Å². The molecule has 1 amide bonds. The van der Waals surface area contributed by atoms with Crippen LogP contribution in [0.25, 0.3) is 11.1 Å². The molecule has 34 heavy (non-hydrogen) atoms. The highest BCUT2D eigenvalue weighted by Crippen LogP contribution is 2.41. The monoisotopic (exact) mass is 510 g/mol. The molecule has 1 aliphatic rings. The van der Waals surface area contributed by atoms with Crippen LogP contribution in [0.2, 0.25) is 10.0 Å². The molecule has 1 aliphatic heterocycles. The zero-order chi connectivity index (χ0) is 24.5. The van der Waals surface area contributed by atoms with Crippen molar-refractivity contribution in [3.63, 3.8) is 0 Å². The number of hydrogen-bond acceptors (Lipinski definition) is 3. The smallest absolute Gasteiger partial charge is 0.344 e. The molecule has 3 aromatic rings. The van der Waals surface area contributed by atoms with Crippen LogP contribution < -0.4 is 10.6 Å². The van der Waals surface area contributed by atoms with Gasteiger partial charge in [0.1, 0.15) is 0 Å². The van der Waals surface area contributed by atoms with Crippen LogP contribution in [0.1, 0.15) is 46.8 Å². The van der Waals surface area contributed by atoms with Gasteiger partial charge in [-0.2, -0.15) is 18.3 Å². The number of nitrogens with zero attached hydrogens (tertiary/aromatic N) is 2. The first-order valence-electron chi connectivity index (χ1n) is 10.8. The van der Waals surface area contributed by atoms with Crippen LogP contribution in [0.15, 0.2) is 48.8 Å². The average molecular weight is 511 g/mol. The minimum absolute atomic E-state index is 0.0740. The molecule has 2 heterocycles. The van der Waals surface area contributed by atoms with E-state index in [0.717, 1.165) is 48.6 Å². The Bertz CT molecular complexity index is 1170. The Morgan fingerprint density at radius 2 is 1.88 bits per heavy atom. The zero-order valence-corrected chi connectivity index (χ0v) is 19.8. The van der Waals surface area contributed by atoms with Crippen molar-refractivity contribution in [3.05, 3.63) is 75.5 Å². The third-order valence-corrected chi connectivity index (χ3v) is 6.67. The number of rotatable bonds is 5. The van der Waals surface area contributed by atoms with Crippen LogP contribution >= 0.6 is 23.2 Å². The van der Waals surface area contributed by atoms with Gasteiger partial charge in [-0.05, 0) is 42.6 Å². The maximum Gasteiger partial charge on any atom is 0.419 e. The molecule has 5 nitrogen and oxygen atoms in total. The Morgan fingerprint density at radius 3 is 2.47 bits per heavy atom. The molecule has 0 spiro atoms. The maximum atomic E-state index is 13.4. The molecule has 1 fully saturated rings. The number of benzene rings is 2. The van der Waals surface area contributed by atoms with E-state index < -0.39 is 33.7 Å². The summed E-state index contributed by atoms with van der Waals surface area (Å²) in [5.41, 5.74) is 1.27. The zero-order valence-electron chi connectivity index (χ0n) is 18.3. The summed E-state index contributed by atoms with van der Waals surface area (Å²) in [6.07, 6.45) is 1.70. The SMILES string of the molecule is Cn1cc(-c2ccc([C@H](NC(=O)c3ccc(Cl)c(C(F)(F)F)c3Cl)[C@@H]3CCCCN3)cc2)cn1.